The standard InChI is InChI=1S/C34H64O7/c1-8-10-12-14-15-19-23-30(22-18-13-11-9-2)32(36)38-24-20-16-17-21-25-39-33(37)34(7,26-40-29(5)6)27-41-31(35)28(3)4/h28-30H,8-27H2,1-7H3. The summed E-state index contributed by atoms with van der Waals surface area (Å²) in [6, 6.07) is 0. The van der Waals surface area contributed by atoms with Gasteiger partial charge in [-0.25, -0.2) is 0 Å². The van der Waals surface area contributed by atoms with Crippen LogP contribution in [0, 0.1) is 17.3 Å². The van der Waals surface area contributed by atoms with Crippen molar-refractivity contribution in [2.75, 3.05) is 26.4 Å². The Balaban J connectivity index is 4.37. The van der Waals surface area contributed by atoms with Crippen molar-refractivity contribution in [1.82, 2.24) is 0 Å². The average Bonchev–Trinajstić information content (AvgIpc) is 2.94. The average molecular weight is 585 g/mol. The summed E-state index contributed by atoms with van der Waals surface area (Å²) < 4.78 is 22.2. The molecule has 2 atom stereocenters. The highest BCUT2D eigenvalue weighted by atomic mass is 16.6. The van der Waals surface area contributed by atoms with E-state index < -0.39 is 11.4 Å². The molecule has 0 aromatic rings. The van der Waals surface area contributed by atoms with Crippen molar-refractivity contribution < 1.29 is 33.3 Å². The maximum absolute atomic E-state index is 12.8. The zero-order chi connectivity index (χ0) is 30.9. The normalized spacial score (nSPS) is 13.7. The number of unbranched alkanes of at least 4 members (excludes halogenated alkanes) is 11. The highest BCUT2D eigenvalue weighted by Gasteiger charge is 2.37. The molecule has 0 spiro atoms. The van der Waals surface area contributed by atoms with Gasteiger partial charge in [0, 0.05) is 0 Å². The molecule has 0 aliphatic rings. The molecule has 242 valence electrons. The van der Waals surface area contributed by atoms with E-state index in [1.165, 1.54) is 51.4 Å². The molecule has 0 aromatic carbocycles. The lowest BCUT2D eigenvalue weighted by Gasteiger charge is -2.28. The molecule has 0 heterocycles. The first-order valence-corrected chi connectivity index (χ1v) is 16.7. The summed E-state index contributed by atoms with van der Waals surface area (Å²) in [7, 11) is 0. The number of ether oxygens (including phenoxy) is 4. The Bertz CT molecular complexity index is 676. The summed E-state index contributed by atoms with van der Waals surface area (Å²) in [6.45, 7) is 14.3. The zero-order valence-electron chi connectivity index (χ0n) is 27.7. The van der Waals surface area contributed by atoms with Crippen molar-refractivity contribution in [3.63, 3.8) is 0 Å². The monoisotopic (exact) mass is 584 g/mol. The van der Waals surface area contributed by atoms with Gasteiger partial charge in [0.1, 0.15) is 12.0 Å². The van der Waals surface area contributed by atoms with Crippen LogP contribution < -0.4 is 0 Å². The molecule has 0 rings (SSSR count). The van der Waals surface area contributed by atoms with Crippen LogP contribution in [0.5, 0.6) is 0 Å². The predicted molar refractivity (Wildman–Crippen MR) is 166 cm³/mol. The third-order valence-electron chi connectivity index (χ3n) is 7.39. The summed E-state index contributed by atoms with van der Waals surface area (Å²) in [5, 5.41) is 0. The fraction of sp³-hybridized carbons (Fsp3) is 0.912. The summed E-state index contributed by atoms with van der Waals surface area (Å²) >= 11 is 0. The van der Waals surface area contributed by atoms with Crippen LogP contribution in [0.2, 0.25) is 0 Å². The third kappa shape index (κ3) is 20.8. The van der Waals surface area contributed by atoms with Gasteiger partial charge in [0.2, 0.25) is 0 Å². The largest absolute Gasteiger partial charge is 0.465 e. The second-order valence-electron chi connectivity index (χ2n) is 12.5. The van der Waals surface area contributed by atoms with Crippen LogP contribution in [0.15, 0.2) is 0 Å². The van der Waals surface area contributed by atoms with E-state index in [1.807, 2.05) is 13.8 Å². The highest BCUT2D eigenvalue weighted by molar-refractivity contribution is 5.78. The summed E-state index contributed by atoms with van der Waals surface area (Å²) in [5.41, 5.74) is -1.05. The van der Waals surface area contributed by atoms with Gasteiger partial charge in [-0.15, -0.1) is 0 Å². The molecule has 7 nitrogen and oxygen atoms in total. The molecular formula is C34H64O7. The van der Waals surface area contributed by atoms with Crippen molar-refractivity contribution in [3.8, 4) is 0 Å². The van der Waals surface area contributed by atoms with Crippen molar-refractivity contribution in [1.29, 1.82) is 0 Å². The fourth-order valence-corrected chi connectivity index (χ4v) is 4.46. The molecular weight excluding hydrogens is 520 g/mol. The van der Waals surface area contributed by atoms with E-state index in [1.54, 1.807) is 20.8 Å². The van der Waals surface area contributed by atoms with Gasteiger partial charge in [-0.2, -0.15) is 0 Å². The molecule has 0 fully saturated rings. The van der Waals surface area contributed by atoms with Crippen molar-refractivity contribution in [2.24, 2.45) is 17.3 Å². The third-order valence-corrected chi connectivity index (χ3v) is 7.39. The Hall–Kier alpha value is -1.63. The van der Waals surface area contributed by atoms with Crippen LogP contribution in [0.3, 0.4) is 0 Å². The van der Waals surface area contributed by atoms with E-state index in [-0.39, 0.29) is 43.1 Å². The van der Waals surface area contributed by atoms with Crippen LogP contribution in [0.1, 0.15) is 151 Å². The molecule has 0 N–H and O–H groups in total. The minimum absolute atomic E-state index is 0.0231. The summed E-state index contributed by atoms with van der Waals surface area (Å²) in [5.74, 6) is -1.02. The molecule has 0 saturated carbocycles. The van der Waals surface area contributed by atoms with Crippen molar-refractivity contribution in [3.05, 3.63) is 0 Å². The van der Waals surface area contributed by atoms with Crippen molar-refractivity contribution in [2.45, 2.75) is 157 Å². The van der Waals surface area contributed by atoms with E-state index in [4.69, 9.17) is 18.9 Å². The molecule has 0 aliphatic carbocycles. The number of carbonyl (C=O) groups excluding carboxylic acids is 3. The van der Waals surface area contributed by atoms with Crippen LogP contribution in [0.25, 0.3) is 0 Å². The molecule has 0 saturated heterocycles. The molecule has 2 unspecified atom stereocenters. The van der Waals surface area contributed by atoms with Crippen LogP contribution >= 0.6 is 0 Å². The Morgan fingerprint density at radius 2 is 1.07 bits per heavy atom. The summed E-state index contributed by atoms with van der Waals surface area (Å²) in [4.78, 5) is 37.5. The molecule has 0 amide bonds. The predicted octanol–water partition coefficient (Wildman–Crippen LogP) is 8.60. The molecule has 7 heteroatoms. The van der Waals surface area contributed by atoms with E-state index in [0.717, 1.165) is 51.4 Å². The van der Waals surface area contributed by atoms with Gasteiger partial charge in [0.05, 0.1) is 37.8 Å². The summed E-state index contributed by atoms with van der Waals surface area (Å²) in [6.07, 6.45) is 17.3. The Kier molecular flexibility index (Phi) is 23.9. The SMILES string of the molecule is CCCCCCCCC(CCCCCC)C(=O)OCCCCCCOC(=O)C(C)(COC(=O)C(C)C)COC(C)C. The van der Waals surface area contributed by atoms with Gasteiger partial charge in [-0.05, 0) is 59.3 Å². The Morgan fingerprint density at radius 1 is 0.585 bits per heavy atom. The second kappa shape index (κ2) is 24.9. The molecule has 0 bridgehead atoms. The lowest BCUT2D eigenvalue weighted by Crippen LogP contribution is -2.41. The first-order chi connectivity index (χ1) is 19.6. The molecule has 41 heavy (non-hydrogen) atoms. The van der Waals surface area contributed by atoms with Crippen LogP contribution in [0.4, 0.5) is 0 Å². The van der Waals surface area contributed by atoms with Crippen molar-refractivity contribution >= 4 is 17.9 Å². The quantitative estimate of drug-likeness (QED) is 0.0542. The van der Waals surface area contributed by atoms with Crippen LogP contribution in [-0.2, 0) is 33.3 Å². The van der Waals surface area contributed by atoms with E-state index in [2.05, 4.69) is 13.8 Å². The zero-order valence-corrected chi connectivity index (χ0v) is 27.7. The second-order valence-corrected chi connectivity index (χ2v) is 12.5. The number of esters is 3. The Labute approximate surface area is 252 Å². The minimum Gasteiger partial charge on any atom is -0.465 e. The highest BCUT2D eigenvalue weighted by Crippen LogP contribution is 2.23. The number of rotatable bonds is 27. The van der Waals surface area contributed by atoms with Gasteiger partial charge < -0.3 is 18.9 Å². The topological polar surface area (TPSA) is 88.1 Å². The van der Waals surface area contributed by atoms with Gasteiger partial charge in [-0.3, -0.25) is 14.4 Å². The number of hydrogen-bond donors (Lipinski definition) is 0. The Morgan fingerprint density at radius 3 is 1.61 bits per heavy atom. The molecule has 0 radical (unpaired) electrons. The smallest absolute Gasteiger partial charge is 0.317 e. The fourth-order valence-electron chi connectivity index (χ4n) is 4.46. The lowest BCUT2D eigenvalue weighted by molar-refractivity contribution is -0.169. The number of hydrogen-bond acceptors (Lipinski definition) is 7. The molecule has 0 aliphatic heterocycles. The first-order valence-electron chi connectivity index (χ1n) is 16.7. The minimum atomic E-state index is -1.05. The van der Waals surface area contributed by atoms with Crippen LogP contribution in [-0.4, -0.2) is 50.4 Å². The van der Waals surface area contributed by atoms with Gasteiger partial charge in [0.25, 0.3) is 0 Å². The van der Waals surface area contributed by atoms with Gasteiger partial charge >= 0.3 is 17.9 Å². The maximum atomic E-state index is 12.8. The lowest BCUT2D eigenvalue weighted by atomic mass is 9.93. The van der Waals surface area contributed by atoms with Gasteiger partial charge in [0.15, 0.2) is 0 Å². The van der Waals surface area contributed by atoms with E-state index in [0.29, 0.717) is 13.2 Å². The molecule has 0 aromatic heterocycles. The van der Waals surface area contributed by atoms with E-state index in [9.17, 15) is 14.4 Å². The van der Waals surface area contributed by atoms with E-state index >= 15 is 0 Å². The first kappa shape index (κ1) is 39.4. The maximum Gasteiger partial charge on any atom is 0.317 e. The number of carbonyl (C=O) groups is 3. The van der Waals surface area contributed by atoms with Gasteiger partial charge in [-0.1, -0.05) is 91.9 Å².